The molecule has 3 heterocycles. The zero-order valence-corrected chi connectivity index (χ0v) is 17.0. The van der Waals surface area contributed by atoms with Gasteiger partial charge in [0.2, 0.25) is 6.10 Å². The number of likely N-dealkylation sites (tertiary alicyclic amines) is 1. The zero-order valence-electron chi connectivity index (χ0n) is 16.2. The lowest BCUT2D eigenvalue weighted by atomic mass is 9.98. The van der Waals surface area contributed by atoms with Crippen LogP contribution in [0.25, 0.3) is 10.6 Å². The van der Waals surface area contributed by atoms with E-state index in [1.807, 2.05) is 23.1 Å². The quantitative estimate of drug-likeness (QED) is 0.637. The second-order valence-electron chi connectivity index (χ2n) is 7.41. The molecule has 30 heavy (non-hydrogen) atoms. The third kappa shape index (κ3) is 3.63. The molecular formula is C22H20FN3O3S. The summed E-state index contributed by atoms with van der Waals surface area (Å²) in [6.45, 7) is 1.43. The predicted octanol–water partition coefficient (Wildman–Crippen LogP) is 3.89. The molecule has 1 fully saturated rings. The molecule has 2 aliphatic heterocycles. The average molecular weight is 425 g/mol. The summed E-state index contributed by atoms with van der Waals surface area (Å²) >= 11 is 1.39. The summed E-state index contributed by atoms with van der Waals surface area (Å²) in [4.78, 5) is 14.9. The van der Waals surface area contributed by atoms with Gasteiger partial charge < -0.3 is 14.4 Å². The third-order valence-corrected chi connectivity index (χ3v) is 6.53. The van der Waals surface area contributed by atoms with Crippen molar-refractivity contribution in [1.82, 2.24) is 15.1 Å². The van der Waals surface area contributed by atoms with Crippen LogP contribution in [0.15, 0.2) is 48.5 Å². The van der Waals surface area contributed by atoms with Crippen LogP contribution >= 0.6 is 11.3 Å². The van der Waals surface area contributed by atoms with E-state index < -0.39 is 6.10 Å². The number of nitrogens with zero attached hydrogens (tertiary/aromatic N) is 3. The van der Waals surface area contributed by atoms with Crippen LogP contribution in [0, 0.1) is 5.82 Å². The van der Waals surface area contributed by atoms with E-state index in [1.165, 1.54) is 17.4 Å². The minimum atomic E-state index is -0.651. The van der Waals surface area contributed by atoms with Crippen LogP contribution in [0.2, 0.25) is 0 Å². The number of para-hydroxylation sites is 2. The van der Waals surface area contributed by atoms with E-state index in [1.54, 1.807) is 24.3 Å². The molecule has 0 spiro atoms. The maximum atomic E-state index is 14.1. The first kappa shape index (κ1) is 19.0. The van der Waals surface area contributed by atoms with Crippen LogP contribution < -0.4 is 9.47 Å². The minimum Gasteiger partial charge on any atom is -0.485 e. The van der Waals surface area contributed by atoms with Crippen molar-refractivity contribution in [3.8, 4) is 22.1 Å². The maximum absolute atomic E-state index is 14.1. The molecule has 0 bridgehead atoms. The fraction of sp³-hybridized carbons (Fsp3) is 0.318. The minimum absolute atomic E-state index is 0.0759. The van der Waals surface area contributed by atoms with Crippen molar-refractivity contribution in [2.75, 3.05) is 19.7 Å². The highest BCUT2D eigenvalue weighted by molar-refractivity contribution is 7.14. The molecule has 2 aromatic carbocycles. The molecule has 5 rings (SSSR count). The molecule has 3 aromatic rings. The largest absolute Gasteiger partial charge is 0.485 e. The molecule has 6 nitrogen and oxygen atoms in total. The van der Waals surface area contributed by atoms with Gasteiger partial charge in [-0.2, -0.15) is 0 Å². The standard InChI is InChI=1S/C22H20FN3O3S/c23-16-8-2-1-7-15(16)21-25-24-20(30-21)14-6-5-11-26(12-14)22(27)19-13-28-17-9-3-4-10-18(17)29-19/h1-4,7-10,14,19H,5-6,11-13H2/t14-,19+/m1/s1. The molecule has 0 N–H and O–H groups in total. The van der Waals surface area contributed by atoms with Gasteiger partial charge in [0.1, 0.15) is 17.4 Å². The Balaban J connectivity index is 1.29. The molecule has 154 valence electrons. The van der Waals surface area contributed by atoms with Crippen molar-refractivity contribution >= 4 is 17.2 Å². The van der Waals surface area contributed by atoms with Crippen LogP contribution in [0.4, 0.5) is 4.39 Å². The van der Waals surface area contributed by atoms with Gasteiger partial charge in [-0.3, -0.25) is 4.79 Å². The van der Waals surface area contributed by atoms with Gasteiger partial charge >= 0.3 is 0 Å². The Morgan fingerprint density at radius 1 is 1.10 bits per heavy atom. The molecule has 1 amide bonds. The molecule has 0 radical (unpaired) electrons. The summed E-state index contributed by atoms with van der Waals surface area (Å²) < 4.78 is 25.6. The smallest absolute Gasteiger partial charge is 0.267 e. The predicted molar refractivity (Wildman–Crippen MR) is 110 cm³/mol. The molecule has 2 atom stereocenters. The lowest BCUT2D eigenvalue weighted by molar-refractivity contribution is -0.142. The van der Waals surface area contributed by atoms with Crippen LogP contribution in [0.1, 0.15) is 23.8 Å². The summed E-state index contributed by atoms with van der Waals surface area (Å²) in [5.74, 6) is 0.947. The molecule has 2 aliphatic rings. The molecule has 8 heteroatoms. The van der Waals surface area contributed by atoms with Crippen molar-refractivity contribution in [2.45, 2.75) is 24.9 Å². The Hall–Kier alpha value is -3.00. The van der Waals surface area contributed by atoms with E-state index >= 15 is 0 Å². The van der Waals surface area contributed by atoms with Gasteiger partial charge in [0.15, 0.2) is 16.5 Å². The molecule has 0 aliphatic carbocycles. The number of benzene rings is 2. The fourth-order valence-corrected chi connectivity index (χ4v) is 4.86. The van der Waals surface area contributed by atoms with Crippen molar-refractivity contribution in [1.29, 1.82) is 0 Å². The topological polar surface area (TPSA) is 64.6 Å². The number of fused-ring (bicyclic) bond motifs is 1. The Morgan fingerprint density at radius 3 is 2.77 bits per heavy atom. The van der Waals surface area contributed by atoms with Crippen LogP contribution in [0.3, 0.4) is 0 Å². The van der Waals surface area contributed by atoms with Gasteiger partial charge in [0, 0.05) is 24.6 Å². The number of hydrogen-bond donors (Lipinski definition) is 0. The number of hydrogen-bond acceptors (Lipinski definition) is 6. The molecular weight excluding hydrogens is 405 g/mol. The number of carbonyl (C=O) groups excluding carboxylic acids is 1. The monoisotopic (exact) mass is 425 g/mol. The van der Waals surface area contributed by atoms with Crippen molar-refractivity contribution in [2.24, 2.45) is 0 Å². The molecule has 1 saturated heterocycles. The van der Waals surface area contributed by atoms with Gasteiger partial charge in [-0.1, -0.05) is 35.6 Å². The van der Waals surface area contributed by atoms with Crippen molar-refractivity contribution in [3.63, 3.8) is 0 Å². The van der Waals surface area contributed by atoms with Crippen molar-refractivity contribution < 1.29 is 18.7 Å². The highest BCUT2D eigenvalue weighted by atomic mass is 32.1. The van der Waals surface area contributed by atoms with Crippen LogP contribution in [0.5, 0.6) is 11.5 Å². The van der Waals surface area contributed by atoms with E-state index in [0.29, 0.717) is 35.2 Å². The Bertz CT molecular complexity index is 1070. The SMILES string of the molecule is O=C([C@@H]1COc2ccccc2O1)N1CCC[C@@H](c2nnc(-c3ccccc3F)s2)C1. The van der Waals surface area contributed by atoms with Gasteiger partial charge in [0.05, 0.1) is 0 Å². The maximum Gasteiger partial charge on any atom is 0.267 e. The first-order chi connectivity index (χ1) is 14.7. The lowest BCUT2D eigenvalue weighted by Gasteiger charge is -2.35. The van der Waals surface area contributed by atoms with E-state index in [-0.39, 0.29) is 24.2 Å². The van der Waals surface area contributed by atoms with E-state index in [2.05, 4.69) is 10.2 Å². The average Bonchev–Trinajstić information content (AvgIpc) is 3.29. The first-order valence-corrected chi connectivity index (χ1v) is 10.8. The Morgan fingerprint density at radius 2 is 1.90 bits per heavy atom. The van der Waals surface area contributed by atoms with Gasteiger partial charge in [-0.05, 0) is 37.1 Å². The number of amides is 1. The van der Waals surface area contributed by atoms with Crippen molar-refractivity contribution in [3.05, 3.63) is 59.4 Å². The summed E-state index contributed by atoms with van der Waals surface area (Å²) in [5, 5.41) is 9.88. The summed E-state index contributed by atoms with van der Waals surface area (Å²) in [7, 11) is 0. The number of ether oxygens (including phenoxy) is 2. The van der Waals surface area contributed by atoms with Crippen LogP contribution in [-0.2, 0) is 4.79 Å². The van der Waals surface area contributed by atoms with E-state index in [9.17, 15) is 9.18 Å². The highest BCUT2D eigenvalue weighted by Gasteiger charge is 2.34. The molecule has 0 unspecified atom stereocenters. The fourth-order valence-electron chi connectivity index (χ4n) is 3.87. The lowest BCUT2D eigenvalue weighted by Crippen LogP contribution is -2.49. The van der Waals surface area contributed by atoms with E-state index in [4.69, 9.17) is 9.47 Å². The second kappa shape index (κ2) is 8.02. The van der Waals surface area contributed by atoms with E-state index in [0.717, 1.165) is 17.8 Å². The first-order valence-electron chi connectivity index (χ1n) is 9.94. The summed E-state index contributed by atoms with van der Waals surface area (Å²) in [5.41, 5.74) is 0.455. The highest BCUT2D eigenvalue weighted by Crippen LogP contribution is 2.35. The van der Waals surface area contributed by atoms with Gasteiger partial charge in [-0.15, -0.1) is 10.2 Å². The second-order valence-corrected chi connectivity index (χ2v) is 8.42. The zero-order chi connectivity index (χ0) is 20.5. The van der Waals surface area contributed by atoms with Gasteiger partial charge in [0.25, 0.3) is 5.91 Å². The summed E-state index contributed by atoms with van der Waals surface area (Å²) in [6.07, 6.45) is 1.14. The number of carbonyl (C=O) groups is 1. The Labute approximate surface area is 177 Å². The van der Waals surface area contributed by atoms with Crippen LogP contribution in [-0.4, -0.2) is 46.8 Å². The Kier molecular flexibility index (Phi) is 5.08. The number of piperidine rings is 1. The summed E-state index contributed by atoms with van der Waals surface area (Å²) in [6, 6.07) is 13.9. The molecule has 0 saturated carbocycles. The number of aromatic nitrogens is 2. The number of halogens is 1. The number of rotatable bonds is 3. The third-order valence-electron chi connectivity index (χ3n) is 5.41. The molecule has 1 aromatic heterocycles. The normalized spacial score (nSPS) is 20.8. The van der Waals surface area contributed by atoms with Gasteiger partial charge in [-0.25, -0.2) is 4.39 Å².